The average molecular weight is 464 g/mol. The topological polar surface area (TPSA) is 99.0 Å². The summed E-state index contributed by atoms with van der Waals surface area (Å²) >= 11 is 6.31. The second-order valence-electron chi connectivity index (χ2n) is 6.41. The maximum Gasteiger partial charge on any atom is 0.276 e. The fourth-order valence-electron chi connectivity index (χ4n) is 2.69. The van der Waals surface area contributed by atoms with Crippen molar-refractivity contribution in [1.29, 1.82) is 0 Å². The maximum absolute atomic E-state index is 13.0. The molecule has 32 heavy (non-hydrogen) atoms. The number of hydrogen-bond donors (Lipinski definition) is 0. The molecule has 10 heteroatoms. The van der Waals surface area contributed by atoms with Gasteiger partial charge in [-0.1, -0.05) is 0 Å². The first-order valence-electron chi connectivity index (χ1n) is 9.88. The lowest BCUT2D eigenvalue weighted by Crippen LogP contribution is -2.36. The quantitative estimate of drug-likeness (QED) is 0.271. The standard InChI is InChI=1S/C22H26ClN3O6/c1-6-31-16-8-9-19(20(13-16)32-7-2)26(23)22(28)21(14(3)27)25-24-15-10-17(29-4)12-18(11-15)30-5/h8-13,21H,6-7H2,1-5H3. The number of methoxy groups -OCH3 is 2. The van der Waals surface area contributed by atoms with Crippen molar-refractivity contribution in [3.63, 3.8) is 0 Å². The molecule has 0 aromatic heterocycles. The van der Waals surface area contributed by atoms with Crippen LogP contribution >= 0.6 is 11.8 Å². The van der Waals surface area contributed by atoms with Crippen molar-refractivity contribution >= 4 is 34.8 Å². The molecule has 0 heterocycles. The summed E-state index contributed by atoms with van der Waals surface area (Å²) in [5, 5.41) is 7.96. The Labute approximate surface area is 192 Å². The number of benzene rings is 2. The van der Waals surface area contributed by atoms with E-state index in [0.29, 0.717) is 41.9 Å². The molecule has 0 radical (unpaired) electrons. The normalized spacial score (nSPS) is 11.7. The Morgan fingerprint density at radius 3 is 2.12 bits per heavy atom. The van der Waals surface area contributed by atoms with E-state index >= 15 is 0 Å². The number of rotatable bonds is 11. The minimum absolute atomic E-state index is 0.256. The molecule has 0 aliphatic heterocycles. The molecule has 0 saturated heterocycles. The van der Waals surface area contributed by atoms with Crippen molar-refractivity contribution in [3.8, 4) is 23.0 Å². The fourth-order valence-corrected chi connectivity index (χ4v) is 2.92. The SMILES string of the molecule is CCOc1ccc(N(Cl)C(=O)C(N=Nc2cc(OC)cc(OC)c2)C(C)=O)c(OCC)c1. The number of amides is 1. The Morgan fingerprint density at radius 2 is 1.59 bits per heavy atom. The molecule has 1 atom stereocenters. The number of anilines is 1. The van der Waals surface area contributed by atoms with Gasteiger partial charge >= 0.3 is 0 Å². The van der Waals surface area contributed by atoms with Gasteiger partial charge in [0.25, 0.3) is 5.91 Å². The van der Waals surface area contributed by atoms with E-state index in [1.165, 1.54) is 21.1 Å². The lowest BCUT2D eigenvalue weighted by molar-refractivity contribution is -0.126. The number of carbonyl (C=O) groups is 2. The first-order chi connectivity index (χ1) is 15.3. The van der Waals surface area contributed by atoms with Gasteiger partial charge in [-0.15, -0.1) is 0 Å². The van der Waals surface area contributed by atoms with Crippen molar-refractivity contribution in [1.82, 2.24) is 0 Å². The highest BCUT2D eigenvalue weighted by atomic mass is 35.5. The predicted molar refractivity (Wildman–Crippen MR) is 121 cm³/mol. The molecule has 172 valence electrons. The molecule has 0 spiro atoms. The number of carbonyl (C=O) groups excluding carboxylic acids is 2. The molecule has 1 unspecified atom stereocenters. The van der Waals surface area contributed by atoms with Crippen LogP contribution in [0, 0.1) is 0 Å². The monoisotopic (exact) mass is 463 g/mol. The molecule has 9 nitrogen and oxygen atoms in total. The lowest BCUT2D eigenvalue weighted by Gasteiger charge is -2.20. The number of ether oxygens (including phenoxy) is 4. The zero-order valence-electron chi connectivity index (χ0n) is 18.6. The van der Waals surface area contributed by atoms with Crippen LogP contribution in [0.5, 0.6) is 23.0 Å². The minimum atomic E-state index is -1.45. The van der Waals surface area contributed by atoms with Crippen molar-refractivity contribution in [2.24, 2.45) is 10.2 Å². The second kappa shape index (κ2) is 11.9. The van der Waals surface area contributed by atoms with Crippen LogP contribution in [0.2, 0.25) is 0 Å². The summed E-state index contributed by atoms with van der Waals surface area (Å²) < 4.78 is 22.2. The van der Waals surface area contributed by atoms with E-state index < -0.39 is 17.7 Å². The van der Waals surface area contributed by atoms with Gasteiger partial charge in [0.1, 0.15) is 28.7 Å². The third kappa shape index (κ3) is 6.34. The Bertz CT molecular complexity index is 960. The van der Waals surface area contributed by atoms with E-state index in [4.69, 9.17) is 30.7 Å². The van der Waals surface area contributed by atoms with Gasteiger partial charge in [-0.2, -0.15) is 10.2 Å². The van der Waals surface area contributed by atoms with Gasteiger partial charge in [0, 0.05) is 36.0 Å². The molecule has 1 amide bonds. The highest BCUT2D eigenvalue weighted by Crippen LogP contribution is 2.35. The third-order valence-electron chi connectivity index (χ3n) is 4.19. The first kappa shape index (κ1) is 24.9. The summed E-state index contributed by atoms with van der Waals surface area (Å²) in [5.41, 5.74) is 0.601. The molecule has 2 aromatic rings. The van der Waals surface area contributed by atoms with Crippen LogP contribution in [0.3, 0.4) is 0 Å². The number of hydrogen-bond acceptors (Lipinski definition) is 8. The van der Waals surface area contributed by atoms with Crippen LogP contribution < -0.4 is 23.4 Å². The largest absolute Gasteiger partial charge is 0.497 e. The number of Topliss-reactive ketones (excluding diaryl/α,β-unsaturated/α-hetero) is 1. The molecule has 2 aromatic carbocycles. The van der Waals surface area contributed by atoms with Crippen LogP contribution in [0.1, 0.15) is 20.8 Å². The number of nitrogens with zero attached hydrogens (tertiary/aromatic N) is 3. The summed E-state index contributed by atoms with van der Waals surface area (Å²) in [7, 11) is 2.99. The van der Waals surface area contributed by atoms with Crippen LogP contribution in [-0.4, -0.2) is 45.2 Å². The Kier molecular flexibility index (Phi) is 9.27. The van der Waals surface area contributed by atoms with E-state index in [1.807, 2.05) is 6.92 Å². The lowest BCUT2D eigenvalue weighted by atomic mass is 10.2. The van der Waals surface area contributed by atoms with Gasteiger partial charge in [-0.3, -0.25) is 9.59 Å². The number of ketones is 1. The van der Waals surface area contributed by atoms with Crippen molar-refractivity contribution in [2.45, 2.75) is 26.8 Å². The predicted octanol–water partition coefficient (Wildman–Crippen LogP) is 4.73. The molecule has 0 bridgehead atoms. The molecule has 2 rings (SSSR count). The summed E-state index contributed by atoms with van der Waals surface area (Å²) in [6.45, 7) is 5.70. The summed E-state index contributed by atoms with van der Waals surface area (Å²) in [6, 6.07) is 8.23. The highest BCUT2D eigenvalue weighted by Gasteiger charge is 2.30. The summed E-state index contributed by atoms with van der Waals surface area (Å²) in [5.74, 6) is 0.564. The first-order valence-corrected chi connectivity index (χ1v) is 10.2. The average Bonchev–Trinajstić information content (AvgIpc) is 2.78. The van der Waals surface area contributed by atoms with Crippen LogP contribution in [-0.2, 0) is 9.59 Å². The van der Waals surface area contributed by atoms with Crippen LogP contribution in [0.4, 0.5) is 11.4 Å². The van der Waals surface area contributed by atoms with Gasteiger partial charge < -0.3 is 18.9 Å². The van der Waals surface area contributed by atoms with Gasteiger partial charge in [0.05, 0.1) is 33.1 Å². The van der Waals surface area contributed by atoms with Crippen molar-refractivity contribution in [3.05, 3.63) is 36.4 Å². The smallest absolute Gasteiger partial charge is 0.276 e. The highest BCUT2D eigenvalue weighted by molar-refractivity contribution is 6.39. The van der Waals surface area contributed by atoms with Gasteiger partial charge in [-0.25, -0.2) is 4.42 Å². The molecule has 0 aliphatic carbocycles. The molecule has 0 saturated carbocycles. The van der Waals surface area contributed by atoms with E-state index in [0.717, 1.165) is 4.42 Å². The molecular formula is C22H26ClN3O6. The second-order valence-corrected chi connectivity index (χ2v) is 6.75. The van der Waals surface area contributed by atoms with E-state index in [2.05, 4.69) is 10.2 Å². The molecule has 0 fully saturated rings. The Balaban J connectivity index is 2.34. The fraction of sp³-hybridized carbons (Fsp3) is 0.364. The number of azo groups is 1. The van der Waals surface area contributed by atoms with Crippen molar-refractivity contribution < 1.29 is 28.5 Å². The summed E-state index contributed by atoms with van der Waals surface area (Å²) in [6.07, 6.45) is 0. The molecule has 0 aliphatic rings. The third-order valence-corrected chi connectivity index (χ3v) is 4.54. The zero-order valence-corrected chi connectivity index (χ0v) is 19.4. The Hall–Kier alpha value is -3.33. The van der Waals surface area contributed by atoms with Crippen LogP contribution in [0.25, 0.3) is 0 Å². The van der Waals surface area contributed by atoms with Gasteiger partial charge in [0.2, 0.25) is 6.04 Å². The molecular weight excluding hydrogens is 438 g/mol. The number of halogens is 1. The van der Waals surface area contributed by atoms with E-state index in [-0.39, 0.29) is 5.69 Å². The Morgan fingerprint density at radius 1 is 0.969 bits per heavy atom. The van der Waals surface area contributed by atoms with Gasteiger partial charge in [0.15, 0.2) is 5.78 Å². The van der Waals surface area contributed by atoms with E-state index in [1.54, 1.807) is 43.3 Å². The van der Waals surface area contributed by atoms with Crippen molar-refractivity contribution in [2.75, 3.05) is 31.9 Å². The molecule has 0 N–H and O–H groups in total. The summed E-state index contributed by atoms with van der Waals surface area (Å²) in [4.78, 5) is 25.2. The van der Waals surface area contributed by atoms with Gasteiger partial charge in [-0.05, 0) is 32.9 Å². The van der Waals surface area contributed by atoms with E-state index in [9.17, 15) is 9.59 Å². The minimum Gasteiger partial charge on any atom is -0.497 e. The van der Waals surface area contributed by atoms with Crippen LogP contribution in [0.15, 0.2) is 46.6 Å². The maximum atomic E-state index is 13.0. The zero-order chi connectivity index (χ0) is 23.7.